The third kappa shape index (κ3) is 3.39. The lowest BCUT2D eigenvalue weighted by Gasteiger charge is -2.08. The second-order valence-electron chi connectivity index (χ2n) is 4.11. The van der Waals surface area contributed by atoms with Crippen LogP contribution in [0.25, 0.3) is 0 Å². The zero-order chi connectivity index (χ0) is 15.2. The Bertz CT molecular complexity index is 646. The van der Waals surface area contributed by atoms with Gasteiger partial charge in [0.05, 0.1) is 19.8 Å². The molecule has 0 unspecified atom stereocenters. The molecule has 2 aromatic rings. The van der Waals surface area contributed by atoms with E-state index in [1.54, 1.807) is 24.3 Å². The van der Waals surface area contributed by atoms with Crippen LogP contribution in [0.15, 0.2) is 48.5 Å². The van der Waals surface area contributed by atoms with Crippen molar-refractivity contribution in [3.63, 3.8) is 0 Å². The summed E-state index contributed by atoms with van der Waals surface area (Å²) in [5, 5.41) is 0. The highest BCUT2D eigenvalue weighted by molar-refractivity contribution is 5.94. The fourth-order valence-corrected chi connectivity index (χ4v) is 1.75. The van der Waals surface area contributed by atoms with Crippen molar-refractivity contribution in [1.82, 2.24) is 0 Å². The second kappa shape index (κ2) is 6.56. The van der Waals surface area contributed by atoms with E-state index in [2.05, 4.69) is 4.74 Å². The van der Waals surface area contributed by atoms with Crippen molar-refractivity contribution < 1.29 is 23.8 Å². The van der Waals surface area contributed by atoms with Crippen LogP contribution in [0.3, 0.4) is 0 Å². The number of ether oxygens (including phenoxy) is 3. The van der Waals surface area contributed by atoms with Crippen LogP contribution in [0.5, 0.6) is 11.5 Å². The number of esters is 2. The van der Waals surface area contributed by atoms with E-state index in [1.807, 2.05) is 0 Å². The monoisotopic (exact) mass is 286 g/mol. The molecule has 2 aromatic carbocycles. The summed E-state index contributed by atoms with van der Waals surface area (Å²) < 4.78 is 14.9. The van der Waals surface area contributed by atoms with Crippen molar-refractivity contribution in [2.75, 3.05) is 14.2 Å². The first-order chi connectivity index (χ1) is 10.2. The van der Waals surface area contributed by atoms with Gasteiger partial charge in [0.1, 0.15) is 17.1 Å². The molecule has 0 N–H and O–H groups in total. The van der Waals surface area contributed by atoms with Gasteiger partial charge in [-0.2, -0.15) is 0 Å². The quantitative estimate of drug-likeness (QED) is 0.639. The van der Waals surface area contributed by atoms with Gasteiger partial charge in [0, 0.05) is 0 Å². The summed E-state index contributed by atoms with van der Waals surface area (Å²) in [4.78, 5) is 23.4. The normalized spacial score (nSPS) is 9.81. The first kappa shape index (κ1) is 14.6. The molecule has 0 aliphatic rings. The highest BCUT2D eigenvalue weighted by Crippen LogP contribution is 2.20. The number of hydrogen-bond acceptors (Lipinski definition) is 5. The number of carbonyl (C=O) groups excluding carboxylic acids is 2. The summed E-state index contributed by atoms with van der Waals surface area (Å²) in [5.41, 5.74) is 0.714. The highest BCUT2D eigenvalue weighted by Gasteiger charge is 2.14. The van der Waals surface area contributed by atoms with Crippen LogP contribution < -0.4 is 9.47 Å². The van der Waals surface area contributed by atoms with Gasteiger partial charge < -0.3 is 14.2 Å². The molecule has 5 heteroatoms. The number of para-hydroxylation sites is 1. The van der Waals surface area contributed by atoms with Crippen LogP contribution in [-0.2, 0) is 4.74 Å². The lowest BCUT2D eigenvalue weighted by Crippen LogP contribution is -2.10. The van der Waals surface area contributed by atoms with Crippen LogP contribution in [0.1, 0.15) is 20.7 Å². The summed E-state index contributed by atoms with van der Waals surface area (Å²) in [6.45, 7) is 0. The molecule has 0 radical (unpaired) electrons. The minimum absolute atomic E-state index is 0.331. The van der Waals surface area contributed by atoms with Crippen molar-refractivity contribution in [1.29, 1.82) is 0 Å². The molecule has 0 bridgehead atoms. The van der Waals surface area contributed by atoms with E-state index < -0.39 is 11.9 Å². The maximum Gasteiger partial charge on any atom is 0.347 e. The summed E-state index contributed by atoms with van der Waals surface area (Å²) in [6, 6.07) is 12.9. The standard InChI is InChI=1S/C16H14O5/c1-19-14-6-4-3-5-13(14)16(18)21-12-9-7-11(8-10-12)15(17)20-2/h3-10H,1-2H3. The van der Waals surface area contributed by atoms with E-state index >= 15 is 0 Å². The minimum atomic E-state index is -0.529. The van der Waals surface area contributed by atoms with E-state index in [0.717, 1.165) is 0 Å². The van der Waals surface area contributed by atoms with Gasteiger partial charge in [0.15, 0.2) is 0 Å². The minimum Gasteiger partial charge on any atom is -0.496 e. The first-order valence-electron chi connectivity index (χ1n) is 6.19. The molecular weight excluding hydrogens is 272 g/mol. The molecule has 0 aliphatic carbocycles. The first-order valence-corrected chi connectivity index (χ1v) is 6.19. The van der Waals surface area contributed by atoms with Gasteiger partial charge in [0.25, 0.3) is 0 Å². The smallest absolute Gasteiger partial charge is 0.347 e. The predicted molar refractivity (Wildman–Crippen MR) is 75.7 cm³/mol. The zero-order valence-corrected chi connectivity index (χ0v) is 11.7. The fourth-order valence-electron chi connectivity index (χ4n) is 1.75. The van der Waals surface area contributed by atoms with Crippen LogP contribution in [0.4, 0.5) is 0 Å². The molecule has 5 nitrogen and oxygen atoms in total. The average Bonchev–Trinajstić information content (AvgIpc) is 2.54. The number of carbonyl (C=O) groups is 2. The molecule has 0 heterocycles. The molecule has 0 aromatic heterocycles. The molecule has 0 atom stereocenters. The van der Waals surface area contributed by atoms with Gasteiger partial charge in [-0.3, -0.25) is 0 Å². The Balaban J connectivity index is 2.14. The Hall–Kier alpha value is -2.82. The van der Waals surface area contributed by atoms with E-state index in [-0.39, 0.29) is 0 Å². The van der Waals surface area contributed by atoms with E-state index in [0.29, 0.717) is 22.6 Å². The van der Waals surface area contributed by atoms with Crippen LogP contribution in [-0.4, -0.2) is 26.2 Å². The maximum absolute atomic E-state index is 12.1. The molecule has 0 saturated heterocycles. The molecule has 0 aliphatic heterocycles. The fraction of sp³-hybridized carbons (Fsp3) is 0.125. The number of rotatable bonds is 4. The van der Waals surface area contributed by atoms with Crippen molar-refractivity contribution in [2.24, 2.45) is 0 Å². The van der Waals surface area contributed by atoms with Gasteiger partial charge >= 0.3 is 11.9 Å². The van der Waals surface area contributed by atoms with Crippen molar-refractivity contribution >= 4 is 11.9 Å². The molecule has 0 amide bonds. The third-order valence-corrected chi connectivity index (χ3v) is 2.81. The van der Waals surface area contributed by atoms with Crippen molar-refractivity contribution in [2.45, 2.75) is 0 Å². The topological polar surface area (TPSA) is 61.8 Å². The van der Waals surface area contributed by atoms with Crippen molar-refractivity contribution in [3.8, 4) is 11.5 Å². The Labute approximate surface area is 122 Å². The third-order valence-electron chi connectivity index (χ3n) is 2.81. The number of methoxy groups -OCH3 is 2. The van der Waals surface area contributed by atoms with Crippen LogP contribution in [0, 0.1) is 0 Å². The maximum atomic E-state index is 12.1. The molecule has 21 heavy (non-hydrogen) atoms. The molecule has 2 rings (SSSR count). The average molecular weight is 286 g/mol. The molecule has 0 fully saturated rings. The van der Waals surface area contributed by atoms with Gasteiger partial charge in [-0.15, -0.1) is 0 Å². The van der Waals surface area contributed by atoms with Crippen LogP contribution in [0.2, 0.25) is 0 Å². The summed E-state index contributed by atoms with van der Waals surface area (Å²) in [7, 11) is 2.79. The Morgan fingerprint density at radius 1 is 0.857 bits per heavy atom. The highest BCUT2D eigenvalue weighted by atomic mass is 16.5. The zero-order valence-electron chi connectivity index (χ0n) is 11.7. The lowest BCUT2D eigenvalue weighted by atomic mass is 10.2. The lowest BCUT2D eigenvalue weighted by molar-refractivity contribution is 0.0600. The molecule has 108 valence electrons. The van der Waals surface area contributed by atoms with Gasteiger partial charge in [-0.05, 0) is 36.4 Å². The van der Waals surface area contributed by atoms with Gasteiger partial charge in [-0.1, -0.05) is 12.1 Å². The molecule has 0 spiro atoms. The van der Waals surface area contributed by atoms with Crippen molar-refractivity contribution in [3.05, 3.63) is 59.7 Å². The van der Waals surface area contributed by atoms with E-state index in [1.165, 1.54) is 38.5 Å². The number of benzene rings is 2. The Kier molecular flexibility index (Phi) is 4.56. The molecule has 0 saturated carbocycles. The number of hydrogen-bond donors (Lipinski definition) is 0. The molecular formula is C16H14O5. The summed E-state index contributed by atoms with van der Waals surface area (Å²) in [5.74, 6) is -0.205. The largest absolute Gasteiger partial charge is 0.496 e. The van der Waals surface area contributed by atoms with Crippen LogP contribution >= 0.6 is 0 Å². The van der Waals surface area contributed by atoms with E-state index in [9.17, 15) is 9.59 Å². The summed E-state index contributed by atoms with van der Waals surface area (Å²) in [6.07, 6.45) is 0. The SMILES string of the molecule is COC(=O)c1ccc(OC(=O)c2ccccc2OC)cc1. The second-order valence-corrected chi connectivity index (χ2v) is 4.11. The van der Waals surface area contributed by atoms with Gasteiger partial charge in [-0.25, -0.2) is 9.59 Å². The summed E-state index contributed by atoms with van der Waals surface area (Å²) >= 11 is 0. The Morgan fingerprint density at radius 2 is 1.52 bits per heavy atom. The van der Waals surface area contributed by atoms with Gasteiger partial charge in [0.2, 0.25) is 0 Å². The van der Waals surface area contributed by atoms with E-state index in [4.69, 9.17) is 9.47 Å². The Morgan fingerprint density at radius 3 is 2.14 bits per heavy atom. The predicted octanol–water partition coefficient (Wildman–Crippen LogP) is 2.70.